The van der Waals surface area contributed by atoms with E-state index in [1.807, 2.05) is 61.9 Å². The first-order valence-corrected chi connectivity index (χ1v) is 8.54. The number of hydrogen-bond donors (Lipinski definition) is 0. The molecule has 0 saturated carbocycles. The SMILES string of the molecule is Cc1c(C(=O)N2CCN(C(=O)C(C)C)CC2)c2ccccc2n1C. The molecular formula is C19H25N3O2. The van der Waals surface area contributed by atoms with Crippen LogP contribution in [0.1, 0.15) is 29.9 Å². The molecule has 3 rings (SSSR count). The highest BCUT2D eigenvalue weighted by Crippen LogP contribution is 2.26. The second kappa shape index (κ2) is 6.30. The Bertz CT molecular complexity index is 783. The van der Waals surface area contributed by atoms with Crippen molar-refractivity contribution in [3.8, 4) is 0 Å². The monoisotopic (exact) mass is 327 g/mol. The van der Waals surface area contributed by atoms with Crippen LogP contribution >= 0.6 is 0 Å². The first-order chi connectivity index (χ1) is 11.4. The minimum atomic E-state index is 0.00700. The summed E-state index contributed by atoms with van der Waals surface area (Å²) in [5, 5.41) is 1.00. The van der Waals surface area contributed by atoms with Gasteiger partial charge in [0.25, 0.3) is 5.91 Å². The van der Waals surface area contributed by atoms with Gasteiger partial charge >= 0.3 is 0 Å². The van der Waals surface area contributed by atoms with Crippen LogP contribution in [0.3, 0.4) is 0 Å². The second-order valence-electron chi connectivity index (χ2n) is 6.81. The molecule has 5 heteroatoms. The van der Waals surface area contributed by atoms with Crippen LogP contribution in [-0.4, -0.2) is 52.4 Å². The van der Waals surface area contributed by atoms with Crippen molar-refractivity contribution < 1.29 is 9.59 Å². The average Bonchev–Trinajstić information content (AvgIpc) is 2.85. The third kappa shape index (κ3) is 2.68. The summed E-state index contributed by atoms with van der Waals surface area (Å²) in [6.07, 6.45) is 0. The molecule has 1 aromatic carbocycles. The Kier molecular flexibility index (Phi) is 4.35. The highest BCUT2D eigenvalue weighted by Gasteiger charge is 2.28. The molecule has 5 nitrogen and oxygen atoms in total. The summed E-state index contributed by atoms with van der Waals surface area (Å²) >= 11 is 0. The Morgan fingerprint density at radius 1 is 1.00 bits per heavy atom. The summed E-state index contributed by atoms with van der Waals surface area (Å²) < 4.78 is 2.07. The van der Waals surface area contributed by atoms with Crippen LogP contribution in [0.2, 0.25) is 0 Å². The molecule has 0 N–H and O–H groups in total. The van der Waals surface area contributed by atoms with Crippen molar-refractivity contribution in [3.05, 3.63) is 35.5 Å². The zero-order chi connectivity index (χ0) is 17.4. The van der Waals surface area contributed by atoms with Gasteiger partial charge in [-0.2, -0.15) is 0 Å². The summed E-state index contributed by atoms with van der Waals surface area (Å²) in [5.74, 6) is 0.247. The van der Waals surface area contributed by atoms with Gasteiger partial charge in [0.15, 0.2) is 0 Å². The number of aromatic nitrogens is 1. The van der Waals surface area contributed by atoms with Crippen molar-refractivity contribution in [2.24, 2.45) is 13.0 Å². The lowest BCUT2D eigenvalue weighted by molar-refractivity contribution is -0.135. The molecule has 2 heterocycles. The molecule has 24 heavy (non-hydrogen) atoms. The van der Waals surface area contributed by atoms with E-state index >= 15 is 0 Å². The molecule has 128 valence electrons. The lowest BCUT2D eigenvalue weighted by Gasteiger charge is -2.35. The van der Waals surface area contributed by atoms with Crippen LogP contribution in [0.5, 0.6) is 0 Å². The topological polar surface area (TPSA) is 45.6 Å². The lowest BCUT2D eigenvalue weighted by atomic mass is 10.1. The molecule has 1 fully saturated rings. The number of carbonyl (C=O) groups is 2. The molecule has 0 aliphatic carbocycles. The maximum atomic E-state index is 13.1. The van der Waals surface area contributed by atoms with Gasteiger partial charge in [-0.25, -0.2) is 0 Å². The predicted octanol–water partition coefficient (Wildman–Crippen LogP) is 2.43. The van der Waals surface area contributed by atoms with Gasteiger partial charge in [-0.15, -0.1) is 0 Å². The van der Waals surface area contributed by atoms with Crippen molar-refractivity contribution in [3.63, 3.8) is 0 Å². The van der Waals surface area contributed by atoms with Gasteiger partial charge in [-0.1, -0.05) is 32.0 Å². The van der Waals surface area contributed by atoms with E-state index < -0.39 is 0 Å². The Morgan fingerprint density at radius 2 is 1.58 bits per heavy atom. The highest BCUT2D eigenvalue weighted by molar-refractivity contribution is 6.08. The number of carbonyl (C=O) groups excluding carboxylic acids is 2. The number of amides is 2. The van der Waals surface area contributed by atoms with Gasteiger partial charge in [-0.05, 0) is 13.0 Å². The van der Waals surface area contributed by atoms with Crippen molar-refractivity contribution in [1.82, 2.24) is 14.4 Å². The Morgan fingerprint density at radius 3 is 2.21 bits per heavy atom. The van der Waals surface area contributed by atoms with E-state index in [0.717, 1.165) is 22.2 Å². The quantitative estimate of drug-likeness (QED) is 0.850. The van der Waals surface area contributed by atoms with Crippen molar-refractivity contribution in [2.75, 3.05) is 26.2 Å². The molecule has 2 aromatic rings. The maximum Gasteiger partial charge on any atom is 0.256 e. The molecule has 0 spiro atoms. The molecule has 0 atom stereocenters. The fourth-order valence-corrected chi connectivity index (χ4v) is 3.44. The van der Waals surface area contributed by atoms with E-state index in [9.17, 15) is 9.59 Å². The molecule has 1 aliphatic rings. The molecule has 0 bridgehead atoms. The highest BCUT2D eigenvalue weighted by atomic mass is 16.2. The standard InChI is InChI=1S/C19H25N3O2/c1-13(2)18(23)21-9-11-22(12-10-21)19(24)17-14(3)20(4)16-8-6-5-7-15(16)17/h5-8,13H,9-12H2,1-4H3. The summed E-state index contributed by atoms with van der Waals surface area (Å²) in [7, 11) is 1.99. The van der Waals surface area contributed by atoms with E-state index in [2.05, 4.69) is 4.57 Å². The van der Waals surface area contributed by atoms with E-state index in [1.165, 1.54) is 0 Å². The molecule has 1 aromatic heterocycles. The van der Waals surface area contributed by atoms with Gasteiger partial charge < -0.3 is 14.4 Å². The van der Waals surface area contributed by atoms with Gasteiger partial charge in [0.05, 0.1) is 5.56 Å². The summed E-state index contributed by atoms with van der Waals surface area (Å²) in [6.45, 7) is 8.25. The van der Waals surface area contributed by atoms with Crippen LogP contribution in [0, 0.1) is 12.8 Å². The van der Waals surface area contributed by atoms with Crippen molar-refractivity contribution in [1.29, 1.82) is 0 Å². The molecule has 0 radical (unpaired) electrons. The molecule has 2 amide bonds. The minimum absolute atomic E-state index is 0.00700. The van der Waals surface area contributed by atoms with Crippen molar-refractivity contribution in [2.45, 2.75) is 20.8 Å². The maximum absolute atomic E-state index is 13.1. The number of fused-ring (bicyclic) bond motifs is 1. The van der Waals surface area contributed by atoms with Crippen LogP contribution in [-0.2, 0) is 11.8 Å². The third-order valence-electron chi connectivity index (χ3n) is 4.99. The fraction of sp³-hybridized carbons (Fsp3) is 0.474. The zero-order valence-corrected chi connectivity index (χ0v) is 14.9. The molecule has 0 unspecified atom stereocenters. The molecular weight excluding hydrogens is 302 g/mol. The average molecular weight is 327 g/mol. The number of piperazine rings is 1. The van der Waals surface area contributed by atoms with E-state index in [4.69, 9.17) is 0 Å². The number of para-hydroxylation sites is 1. The summed E-state index contributed by atoms with van der Waals surface area (Å²) in [5.41, 5.74) is 2.85. The first-order valence-electron chi connectivity index (χ1n) is 8.54. The Balaban J connectivity index is 1.82. The third-order valence-corrected chi connectivity index (χ3v) is 4.99. The predicted molar refractivity (Wildman–Crippen MR) is 95.0 cm³/mol. The van der Waals surface area contributed by atoms with Crippen LogP contribution in [0.4, 0.5) is 0 Å². The van der Waals surface area contributed by atoms with Gasteiger partial charge in [0.1, 0.15) is 0 Å². The normalized spacial score (nSPS) is 15.4. The Hall–Kier alpha value is -2.30. The number of aryl methyl sites for hydroxylation is 1. The zero-order valence-electron chi connectivity index (χ0n) is 14.9. The first kappa shape index (κ1) is 16.6. The van der Waals surface area contributed by atoms with Gasteiger partial charge in [-0.3, -0.25) is 9.59 Å². The minimum Gasteiger partial charge on any atom is -0.347 e. The summed E-state index contributed by atoms with van der Waals surface area (Å²) in [6, 6.07) is 8.01. The number of nitrogens with zero attached hydrogens (tertiary/aromatic N) is 3. The number of hydrogen-bond acceptors (Lipinski definition) is 2. The number of benzene rings is 1. The largest absolute Gasteiger partial charge is 0.347 e. The van der Waals surface area contributed by atoms with Crippen LogP contribution < -0.4 is 0 Å². The van der Waals surface area contributed by atoms with Crippen molar-refractivity contribution >= 4 is 22.7 Å². The van der Waals surface area contributed by atoms with Gasteiger partial charge in [0.2, 0.25) is 5.91 Å². The smallest absolute Gasteiger partial charge is 0.256 e. The summed E-state index contributed by atoms with van der Waals surface area (Å²) in [4.78, 5) is 28.9. The molecule has 1 saturated heterocycles. The Labute approximate surface area is 142 Å². The second-order valence-corrected chi connectivity index (χ2v) is 6.81. The lowest BCUT2D eigenvalue weighted by Crippen LogP contribution is -2.51. The molecule has 1 aliphatic heterocycles. The number of rotatable bonds is 2. The van der Waals surface area contributed by atoms with E-state index in [-0.39, 0.29) is 17.7 Å². The van der Waals surface area contributed by atoms with Crippen LogP contribution in [0.25, 0.3) is 10.9 Å². The van der Waals surface area contributed by atoms with E-state index in [1.54, 1.807) is 0 Å². The van der Waals surface area contributed by atoms with Gasteiger partial charge in [0, 0.05) is 55.7 Å². The van der Waals surface area contributed by atoms with Crippen LogP contribution in [0.15, 0.2) is 24.3 Å². The fourth-order valence-electron chi connectivity index (χ4n) is 3.44. The van der Waals surface area contributed by atoms with E-state index in [0.29, 0.717) is 26.2 Å².